The van der Waals surface area contributed by atoms with Crippen molar-refractivity contribution in [1.29, 1.82) is 0 Å². The number of nitrogens with one attached hydrogen (secondary N) is 1. The quantitative estimate of drug-likeness (QED) is 0.497. The molecule has 0 atom stereocenters. The molecule has 210 valence electrons. The molecule has 2 amide bonds. The Morgan fingerprint density at radius 1 is 0.875 bits per heavy atom. The predicted octanol–water partition coefficient (Wildman–Crippen LogP) is 3.95. The second-order valence-corrected chi connectivity index (χ2v) is 11.9. The van der Waals surface area contributed by atoms with Crippen molar-refractivity contribution >= 4 is 28.8 Å². The van der Waals surface area contributed by atoms with E-state index in [1.807, 2.05) is 35.2 Å². The SMILES string of the molecule is COc1ccc(-c2ccc3nc(N)nc(N4CCN(C(=O)NC5C6CC7CC(C6)CC5C7)CC4)c3n2)cc1OC. The first-order chi connectivity index (χ1) is 19.5. The number of rotatable bonds is 5. The molecule has 2 aromatic heterocycles. The maximum absolute atomic E-state index is 13.3. The summed E-state index contributed by atoms with van der Waals surface area (Å²) in [5.74, 6) is 5.35. The van der Waals surface area contributed by atoms with Crippen LogP contribution in [0, 0.1) is 23.7 Å². The van der Waals surface area contributed by atoms with Crippen LogP contribution in [0.25, 0.3) is 22.3 Å². The third-order valence-electron chi connectivity index (χ3n) is 9.60. The number of methoxy groups -OCH3 is 2. The van der Waals surface area contributed by atoms with Crippen LogP contribution in [0.2, 0.25) is 0 Å². The van der Waals surface area contributed by atoms with E-state index in [0.29, 0.717) is 72.4 Å². The van der Waals surface area contributed by atoms with Crippen LogP contribution in [0.4, 0.5) is 16.6 Å². The molecule has 10 heteroatoms. The number of hydrogen-bond donors (Lipinski definition) is 2. The predicted molar refractivity (Wildman–Crippen MR) is 153 cm³/mol. The minimum Gasteiger partial charge on any atom is -0.493 e. The summed E-state index contributed by atoms with van der Waals surface area (Å²) in [5.41, 5.74) is 9.15. The van der Waals surface area contributed by atoms with Crippen molar-refractivity contribution in [3.8, 4) is 22.8 Å². The number of urea groups is 1. The number of fused-ring (bicyclic) bond motifs is 1. The molecule has 1 saturated heterocycles. The number of piperazine rings is 1. The number of aromatic nitrogens is 3. The lowest BCUT2D eigenvalue weighted by atomic mass is 9.54. The van der Waals surface area contributed by atoms with Gasteiger partial charge in [-0.15, -0.1) is 0 Å². The largest absolute Gasteiger partial charge is 0.493 e. The molecule has 0 radical (unpaired) electrons. The summed E-state index contributed by atoms with van der Waals surface area (Å²) < 4.78 is 10.9. The van der Waals surface area contributed by atoms with Crippen LogP contribution >= 0.6 is 0 Å². The van der Waals surface area contributed by atoms with Crippen LogP contribution < -0.4 is 25.4 Å². The molecule has 1 aliphatic heterocycles. The van der Waals surface area contributed by atoms with Crippen LogP contribution in [-0.4, -0.2) is 72.3 Å². The van der Waals surface area contributed by atoms with Gasteiger partial charge < -0.3 is 30.3 Å². The molecule has 3 heterocycles. The number of anilines is 2. The van der Waals surface area contributed by atoms with Gasteiger partial charge in [0.25, 0.3) is 0 Å². The van der Waals surface area contributed by atoms with Crippen molar-refractivity contribution in [2.75, 3.05) is 51.0 Å². The van der Waals surface area contributed by atoms with Crippen LogP contribution in [0.15, 0.2) is 30.3 Å². The maximum Gasteiger partial charge on any atom is 0.317 e. The highest BCUT2D eigenvalue weighted by Crippen LogP contribution is 2.53. The Labute approximate surface area is 234 Å². The van der Waals surface area contributed by atoms with Gasteiger partial charge in [-0.25, -0.2) is 14.8 Å². The third kappa shape index (κ3) is 4.43. The Bertz CT molecular complexity index is 1410. The highest BCUT2D eigenvalue weighted by molar-refractivity contribution is 5.89. The molecule has 10 nitrogen and oxygen atoms in total. The monoisotopic (exact) mass is 543 g/mol. The number of nitrogens with two attached hydrogens (primary N) is 1. The lowest BCUT2D eigenvalue weighted by Gasteiger charge is -2.54. The number of benzene rings is 1. The van der Waals surface area contributed by atoms with Gasteiger partial charge in [0, 0.05) is 37.8 Å². The Balaban J connectivity index is 1.08. The third-order valence-corrected chi connectivity index (χ3v) is 9.60. The second kappa shape index (κ2) is 9.98. The first kappa shape index (κ1) is 25.2. The fraction of sp³-hybridized carbons (Fsp3) is 0.533. The van der Waals surface area contributed by atoms with Crippen molar-refractivity contribution in [3.05, 3.63) is 30.3 Å². The van der Waals surface area contributed by atoms with E-state index < -0.39 is 0 Å². The summed E-state index contributed by atoms with van der Waals surface area (Å²) in [6.07, 6.45) is 6.61. The van der Waals surface area contributed by atoms with Gasteiger partial charge in [-0.3, -0.25) is 0 Å². The first-order valence-corrected chi connectivity index (χ1v) is 14.5. The fourth-order valence-corrected chi connectivity index (χ4v) is 7.91. The van der Waals surface area contributed by atoms with Gasteiger partial charge in [0.15, 0.2) is 17.3 Å². The Morgan fingerprint density at radius 3 is 2.25 bits per heavy atom. The highest BCUT2D eigenvalue weighted by atomic mass is 16.5. The van der Waals surface area contributed by atoms with Crippen LogP contribution in [-0.2, 0) is 0 Å². The number of nitrogens with zero attached hydrogens (tertiary/aromatic N) is 5. The van der Waals surface area contributed by atoms with Crippen molar-refractivity contribution in [2.45, 2.75) is 38.1 Å². The van der Waals surface area contributed by atoms with Gasteiger partial charge in [0.2, 0.25) is 5.95 Å². The molecule has 8 rings (SSSR count). The van der Waals surface area contributed by atoms with Crippen molar-refractivity contribution in [2.24, 2.45) is 23.7 Å². The summed E-state index contributed by atoms with van der Waals surface area (Å²) in [5, 5.41) is 3.46. The second-order valence-electron chi connectivity index (χ2n) is 11.9. The molecule has 1 aromatic carbocycles. The highest BCUT2D eigenvalue weighted by Gasteiger charge is 2.49. The number of hydrogen-bond acceptors (Lipinski definition) is 8. The molecule has 3 aromatic rings. The van der Waals surface area contributed by atoms with E-state index >= 15 is 0 Å². The number of amides is 2. The zero-order chi connectivity index (χ0) is 27.4. The summed E-state index contributed by atoms with van der Waals surface area (Å²) in [4.78, 5) is 31.4. The smallest absolute Gasteiger partial charge is 0.317 e. The van der Waals surface area contributed by atoms with Gasteiger partial charge in [0.1, 0.15) is 5.52 Å². The van der Waals surface area contributed by atoms with E-state index in [1.165, 1.54) is 32.1 Å². The normalized spacial score (nSPS) is 27.2. The molecule has 4 bridgehead atoms. The van der Waals surface area contributed by atoms with Gasteiger partial charge in [0.05, 0.1) is 25.4 Å². The van der Waals surface area contributed by atoms with Gasteiger partial charge in [-0.2, -0.15) is 4.98 Å². The molecule has 5 fully saturated rings. The lowest BCUT2D eigenvalue weighted by molar-refractivity contribution is -0.0110. The number of carbonyl (C=O) groups excluding carboxylic acids is 1. The van der Waals surface area contributed by atoms with E-state index in [9.17, 15) is 4.79 Å². The molecule has 0 unspecified atom stereocenters. The number of nitrogen functional groups attached to an aromatic ring is 1. The van der Waals surface area contributed by atoms with E-state index in [2.05, 4.69) is 20.2 Å². The summed E-state index contributed by atoms with van der Waals surface area (Å²) in [6, 6.07) is 10.0. The topological polar surface area (TPSA) is 119 Å². The first-order valence-electron chi connectivity index (χ1n) is 14.5. The van der Waals surface area contributed by atoms with Crippen LogP contribution in [0.5, 0.6) is 11.5 Å². The number of carbonyl (C=O) groups is 1. The van der Waals surface area contributed by atoms with E-state index in [1.54, 1.807) is 14.2 Å². The summed E-state index contributed by atoms with van der Waals surface area (Å²) >= 11 is 0. The van der Waals surface area contributed by atoms with Gasteiger partial charge >= 0.3 is 6.03 Å². The minimum atomic E-state index is 0.0815. The Hall–Kier alpha value is -3.82. The van der Waals surface area contributed by atoms with Gasteiger partial charge in [-0.05, 0) is 86.1 Å². The molecule has 4 aliphatic carbocycles. The molecule has 4 saturated carbocycles. The summed E-state index contributed by atoms with van der Waals surface area (Å²) in [7, 11) is 3.24. The average Bonchev–Trinajstić information content (AvgIpc) is 2.97. The average molecular weight is 544 g/mol. The molecular formula is C30H37N7O3. The van der Waals surface area contributed by atoms with Crippen LogP contribution in [0.3, 0.4) is 0 Å². The fourth-order valence-electron chi connectivity index (χ4n) is 7.91. The van der Waals surface area contributed by atoms with Crippen molar-refractivity contribution < 1.29 is 14.3 Å². The lowest BCUT2D eigenvalue weighted by Crippen LogP contribution is -2.60. The molecule has 40 heavy (non-hydrogen) atoms. The Morgan fingerprint density at radius 2 is 1.57 bits per heavy atom. The molecule has 5 aliphatic rings. The zero-order valence-corrected chi connectivity index (χ0v) is 23.2. The summed E-state index contributed by atoms with van der Waals surface area (Å²) in [6.45, 7) is 2.56. The van der Waals surface area contributed by atoms with Crippen molar-refractivity contribution in [3.63, 3.8) is 0 Å². The van der Waals surface area contributed by atoms with E-state index in [4.69, 9.17) is 20.2 Å². The minimum absolute atomic E-state index is 0.0815. The van der Waals surface area contributed by atoms with Crippen LogP contribution in [0.1, 0.15) is 32.1 Å². The molecular weight excluding hydrogens is 506 g/mol. The number of ether oxygens (including phenoxy) is 2. The molecule has 0 spiro atoms. The van der Waals surface area contributed by atoms with Crippen molar-refractivity contribution in [1.82, 2.24) is 25.2 Å². The molecule has 3 N–H and O–H groups in total. The van der Waals surface area contributed by atoms with Gasteiger partial charge in [-0.1, -0.05) is 0 Å². The zero-order valence-electron chi connectivity index (χ0n) is 23.2. The van der Waals surface area contributed by atoms with E-state index in [0.717, 1.165) is 23.1 Å². The number of pyridine rings is 1. The Kier molecular flexibility index (Phi) is 6.28. The standard InChI is InChI=1S/C30H37N7O3/c1-39-24-6-3-19(16-25(24)40-2)22-4-5-23-27(32-22)28(35-29(31)33-23)36-7-9-37(10-8-36)30(38)34-26-20-12-17-11-18(14-20)15-21(26)13-17/h3-6,16-18,20-21,26H,7-15H2,1-2H3,(H,34,38)(H2,31,33,35). The van der Waals surface area contributed by atoms with E-state index in [-0.39, 0.29) is 12.0 Å². The maximum atomic E-state index is 13.3.